The van der Waals surface area contributed by atoms with E-state index in [0.717, 1.165) is 18.2 Å². The normalized spacial score (nSPS) is 10.4. The van der Waals surface area contributed by atoms with Gasteiger partial charge in [-0.2, -0.15) is 0 Å². The van der Waals surface area contributed by atoms with Gasteiger partial charge in [-0.25, -0.2) is 8.78 Å². The van der Waals surface area contributed by atoms with E-state index in [2.05, 4.69) is 0 Å². The third kappa shape index (κ3) is 2.52. The van der Waals surface area contributed by atoms with Crippen molar-refractivity contribution in [1.29, 1.82) is 0 Å². The van der Waals surface area contributed by atoms with Crippen molar-refractivity contribution in [2.45, 2.75) is 0 Å². The lowest BCUT2D eigenvalue weighted by Crippen LogP contribution is -2.05. The summed E-state index contributed by atoms with van der Waals surface area (Å²) in [6.07, 6.45) is 0. The number of hydrogen-bond acceptors (Lipinski definition) is 1. The highest BCUT2D eigenvalue weighted by atomic mass is 35.5. The van der Waals surface area contributed by atoms with Gasteiger partial charge >= 0.3 is 0 Å². The Bertz CT molecular complexity index is 626. The molecular formula is C13H6Cl2F2O. The summed E-state index contributed by atoms with van der Waals surface area (Å²) in [5.41, 5.74) is -0.287. The predicted octanol–water partition coefficient (Wildman–Crippen LogP) is 4.50. The van der Waals surface area contributed by atoms with E-state index in [-0.39, 0.29) is 21.2 Å². The Labute approximate surface area is 112 Å². The van der Waals surface area contributed by atoms with Crippen LogP contribution >= 0.6 is 23.2 Å². The van der Waals surface area contributed by atoms with Gasteiger partial charge in [0.25, 0.3) is 0 Å². The third-order valence-electron chi connectivity index (χ3n) is 2.35. The molecule has 0 bridgehead atoms. The van der Waals surface area contributed by atoms with E-state index < -0.39 is 17.4 Å². The second-order valence-electron chi connectivity index (χ2n) is 3.58. The topological polar surface area (TPSA) is 17.1 Å². The molecule has 0 spiro atoms. The average Bonchev–Trinajstić information content (AvgIpc) is 2.31. The summed E-state index contributed by atoms with van der Waals surface area (Å²) in [5, 5.41) is 0.241. The molecule has 0 unspecified atom stereocenters. The first kappa shape index (κ1) is 13.0. The zero-order valence-corrected chi connectivity index (χ0v) is 10.4. The molecule has 0 heterocycles. The van der Waals surface area contributed by atoms with Gasteiger partial charge in [0, 0.05) is 10.6 Å². The number of hydrogen-bond donors (Lipinski definition) is 0. The molecule has 1 nitrogen and oxygen atoms in total. The predicted molar refractivity (Wildman–Crippen MR) is 66.3 cm³/mol. The monoisotopic (exact) mass is 286 g/mol. The van der Waals surface area contributed by atoms with Gasteiger partial charge in [0.15, 0.2) is 5.78 Å². The molecule has 0 N–H and O–H groups in total. The van der Waals surface area contributed by atoms with Crippen LogP contribution in [0.5, 0.6) is 0 Å². The van der Waals surface area contributed by atoms with Gasteiger partial charge in [-0.3, -0.25) is 4.79 Å². The fourth-order valence-corrected chi connectivity index (χ4v) is 1.85. The molecule has 0 amide bonds. The average molecular weight is 287 g/mol. The summed E-state index contributed by atoms with van der Waals surface area (Å²) in [5.74, 6) is -2.07. The zero-order chi connectivity index (χ0) is 13.3. The van der Waals surface area contributed by atoms with Crippen molar-refractivity contribution >= 4 is 29.0 Å². The molecule has 0 aliphatic rings. The molecule has 2 aromatic rings. The summed E-state index contributed by atoms with van der Waals surface area (Å²) in [4.78, 5) is 12.0. The third-order valence-corrected chi connectivity index (χ3v) is 2.91. The maximum Gasteiger partial charge on any atom is 0.197 e. The molecule has 0 saturated carbocycles. The Hall–Kier alpha value is -1.45. The van der Waals surface area contributed by atoms with Crippen molar-refractivity contribution in [3.8, 4) is 0 Å². The first-order valence-corrected chi connectivity index (χ1v) is 5.69. The summed E-state index contributed by atoms with van der Waals surface area (Å²) in [6.45, 7) is 0. The fraction of sp³-hybridized carbons (Fsp3) is 0. The SMILES string of the molecule is O=C(c1ccc(Cl)cc1F)c1cc(F)ccc1Cl. The number of rotatable bonds is 2. The standard InChI is InChI=1S/C13H6Cl2F2O/c14-7-1-3-9(12(17)5-7)13(18)10-6-8(16)2-4-11(10)15/h1-6H. The highest BCUT2D eigenvalue weighted by Gasteiger charge is 2.17. The quantitative estimate of drug-likeness (QED) is 0.743. The minimum Gasteiger partial charge on any atom is -0.288 e. The lowest BCUT2D eigenvalue weighted by atomic mass is 10.0. The Morgan fingerprint density at radius 2 is 1.67 bits per heavy atom. The molecule has 92 valence electrons. The zero-order valence-electron chi connectivity index (χ0n) is 8.88. The van der Waals surface area contributed by atoms with Crippen LogP contribution in [0.4, 0.5) is 8.78 Å². The van der Waals surface area contributed by atoms with Gasteiger partial charge < -0.3 is 0 Å². The number of carbonyl (C=O) groups is 1. The molecule has 2 rings (SSSR count). The molecule has 0 radical (unpaired) electrons. The fourth-order valence-electron chi connectivity index (χ4n) is 1.49. The molecule has 0 aromatic heterocycles. The van der Waals surface area contributed by atoms with E-state index in [0.29, 0.717) is 0 Å². The Kier molecular flexibility index (Phi) is 3.64. The van der Waals surface area contributed by atoms with Crippen LogP contribution in [0.1, 0.15) is 15.9 Å². The number of carbonyl (C=O) groups excluding carboxylic acids is 1. The van der Waals surface area contributed by atoms with Crippen LogP contribution < -0.4 is 0 Å². The lowest BCUT2D eigenvalue weighted by molar-refractivity contribution is 0.103. The van der Waals surface area contributed by atoms with Crippen LogP contribution in [0.15, 0.2) is 36.4 Å². The first-order valence-electron chi connectivity index (χ1n) is 4.94. The van der Waals surface area contributed by atoms with Crippen LogP contribution in [0.3, 0.4) is 0 Å². The van der Waals surface area contributed by atoms with Gasteiger partial charge in [-0.1, -0.05) is 23.2 Å². The minimum absolute atomic E-state index is 0.0655. The molecule has 0 atom stereocenters. The van der Waals surface area contributed by atoms with Crippen molar-refractivity contribution in [3.05, 3.63) is 69.2 Å². The van der Waals surface area contributed by atoms with Crippen molar-refractivity contribution < 1.29 is 13.6 Å². The van der Waals surface area contributed by atoms with E-state index >= 15 is 0 Å². The largest absolute Gasteiger partial charge is 0.288 e. The molecule has 0 aliphatic heterocycles. The van der Waals surface area contributed by atoms with E-state index in [1.807, 2.05) is 0 Å². The summed E-state index contributed by atoms with van der Waals surface area (Å²) < 4.78 is 26.6. The van der Waals surface area contributed by atoms with Crippen molar-refractivity contribution in [2.24, 2.45) is 0 Å². The van der Waals surface area contributed by atoms with Crippen molar-refractivity contribution in [1.82, 2.24) is 0 Å². The van der Waals surface area contributed by atoms with E-state index in [1.54, 1.807) is 0 Å². The number of halogens is 4. The molecule has 5 heteroatoms. The van der Waals surface area contributed by atoms with Crippen LogP contribution in [0.2, 0.25) is 10.0 Å². The van der Waals surface area contributed by atoms with Crippen LogP contribution in [-0.4, -0.2) is 5.78 Å². The van der Waals surface area contributed by atoms with Crippen molar-refractivity contribution in [3.63, 3.8) is 0 Å². The second-order valence-corrected chi connectivity index (χ2v) is 4.42. The van der Waals surface area contributed by atoms with Gasteiger partial charge in [0.1, 0.15) is 11.6 Å². The number of ketones is 1. The minimum atomic E-state index is -0.771. The Morgan fingerprint density at radius 3 is 2.33 bits per heavy atom. The highest BCUT2D eigenvalue weighted by Crippen LogP contribution is 2.23. The summed E-state index contributed by atoms with van der Waals surface area (Å²) >= 11 is 11.4. The number of benzene rings is 2. The van der Waals surface area contributed by atoms with Gasteiger partial charge in [-0.15, -0.1) is 0 Å². The van der Waals surface area contributed by atoms with Gasteiger partial charge in [0.05, 0.1) is 10.6 Å². The smallest absolute Gasteiger partial charge is 0.197 e. The van der Waals surface area contributed by atoms with E-state index in [4.69, 9.17) is 23.2 Å². The maximum absolute atomic E-state index is 13.6. The van der Waals surface area contributed by atoms with Crippen LogP contribution in [-0.2, 0) is 0 Å². The van der Waals surface area contributed by atoms with Crippen LogP contribution in [0, 0.1) is 11.6 Å². The molecule has 0 aliphatic carbocycles. The first-order chi connectivity index (χ1) is 8.49. The summed E-state index contributed by atoms with van der Waals surface area (Å²) in [7, 11) is 0. The highest BCUT2D eigenvalue weighted by molar-refractivity contribution is 6.35. The summed E-state index contributed by atoms with van der Waals surface area (Å²) in [6, 6.07) is 6.97. The Morgan fingerprint density at radius 1 is 0.944 bits per heavy atom. The second kappa shape index (κ2) is 5.04. The van der Waals surface area contributed by atoms with Gasteiger partial charge in [0.2, 0.25) is 0 Å². The Balaban J connectivity index is 2.51. The molecule has 0 saturated heterocycles. The molecule has 2 aromatic carbocycles. The maximum atomic E-state index is 13.6. The van der Waals surface area contributed by atoms with E-state index in [1.165, 1.54) is 18.2 Å². The molecular weight excluding hydrogens is 281 g/mol. The van der Waals surface area contributed by atoms with Crippen molar-refractivity contribution in [2.75, 3.05) is 0 Å². The van der Waals surface area contributed by atoms with Gasteiger partial charge in [-0.05, 0) is 36.4 Å². The van der Waals surface area contributed by atoms with Crippen LogP contribution in [0.25, 0.3) is 0 Å². The molecule has 0 fully saturated rings. The van der Waals surface area contributed by atoms with E-state index in [9.17, 15) is 13.6 Å². The lowest BCUT2D eigenvalue weighted by Gasteiger charge is -2.05. The molecule has 18 heavy (non-hydrogen) atoms.